The van der Waals surface area contributed by atoms with Crippen LogP contribution in [0.1, 0.15) is 44.8 Å². The Hall–Kier alpha value is -3.18. The molecular weight excluding hydrogens is 478 g/mol. The highest BCUT2D eigenvalue weighted by Crippen LogP contribution is 2.53. The van der Waals surface area contributed by atoms with Gasteiger partial charge in [0.15, 0.2) is 5.43 Å². The Labute approximate surface area is 220 Å². The summed E-state index contributed by atoms with van der Waals surface area (Å²) in [6, 6.07) is 36.1. The van der Waals surface area contributed by atoms with Crippen LogP contribution in [0.15, 0.2) is 112 Å². The van der Waals surface area contributed by atoms with Crippen LogP contribution in [0.5, 0.6) is 0 Å². The predicted octanol–water partition coefficient (Wildman–Crippen LogP) is 8.27. The van der Waals surface area contributed by atoms with Crippen molar-refractivity contribution in [1.29, 1.82) is 0 Å². The molecule has 0 N–H and O–H groups in total. The molecule has 1 aliphatic rings. The standard InChI is InChI=1S/C32H27NOS2/c1-21-12-16-24(17-13-21)29-28-30(34)26-10-6-7-11-27(26)35-32(28)36-31(25-18-14-22(2)15-19-25)33(29)20-23-8-4-3-5-9-23/h3-19,29,31H,20H2,1-2H3/t29-,31+/m1/s1. The maximum absolute atomic E-state index is 14.1. The fourth-order valence-electron chi connectivity index (χ4n) is 5.00. The van der Waals surface area contributed by atoms with Crippen LogP contribution in [0, 0.1) is 13.8 Å². The second-order valence-electron chi connectivity index (χ2n) is 9.48. The molecule has 0 aliphatic carbocycles. The minimum atomic E-state index is -0.137. The highest BCUT2D eigenvalue weighted by molar-refractivity contribution is 8.01. The van der Waals surface area contributed by atoms with Crippen LogP contribution in [0.4, 0.5) is 0 Å². The van der Waals surface area contributed by atoms with Crippen molar-refractivity contribution in [2.24, 2.45) is 0 Å². The van der Waals surface area contributed by atoms with E-state index in [-0.39, 0.29) is 16.8 Å². The molecule has 0 bridgehead atoms. The molecule has 0 amide bonds. The van der Waals surface area contributed by atoms with Crippen LogP contribution in [-0.2, 0) is 6.54 Å². The summed E-state index contributed by atoms with van der Waals surface area (Å²) < 4.78 is 2.18. The predicted molar refractivity (Wildman–Crippen MR) is 153 cm³/mol. The monoisotopic (exact) mass is 505 g/mol. The summed E-state index contributed by atoms with van der Waals surface area (Å²) in [5.74, 6) is 0. The van der Waals surface area contributed by atoms with Crippen molar-refractivity contribution in [2.45, 2.75) is 36.0 Å². The fourth-order valence-corrected chi connectivity index (χ4v) is 7.82. The van der Waals surface area contributed by atoms with Gasteiger partial charge in [0.05, 0.1) is 15.6 Å². The molecule has 0 saturated heterocycles. The van der Waals surface area contributed by atoms with Gasteiger partial charge < -0.3 is 0 Å². The van der Waals surface area contributed by atoms with Crippen molar-refractivity contribution >= 4 is 33.2 Å². The van der Waals surface area contributed by atoms with E-state index in [0.717, 1.165) is 32.0 Å². The minimum absolute atomic E-state index is 0.0846. The average molecular weight is 506 g/mol. The van der Waals surface area contributed by atoms with E-state index in [2.05, 4.69) is 104 Å². The number of benzene rings is 4. The van der Waals surface area contributed by atoms with E-state index >= 15 is 0 Å². The van der Waals surface area contributed by atoms with E-state index in [1.165, 1.54) is 22.3 Å². The molecule has 0 saturated carbocycles. The Kier molecular flexibility index (Phi) is 6.26. The summed E-state index contributed by atoms with van der Waals surface area (Å²) in [5.41, 5.74) is 7.20. The summed E-state index contributed by atoms with van der Waals surface area (Å²) in [6.45, 7) is 4.99. The molecule has 1 aromatic heterocycles. The van der Waals surface area contributed by atoms with E-state index in [0.29, 0.717) is 0 Å². The maximum atomic E-state index is 14.1. The Morgan fingerprint density at radius 1 is 0.722 bits per heavy atom. The van der Waals surface area contributed by atoms with Crippen LogP contribution in [0.25, 0.3) is 10.1 Å². The zero-order chi connectivity index (χ0) is 24.6. The third-order valence-electron chi connectivity index (χ3n) is 6.89. The highest BCUT2D eigenvalue weighted by atomic mass is 32.2. The van der Waals surface area contributed by atoms with Crippen molar-refractivity contribution in [3.05, 3.63) is 147 Å². The molecule has 1 aliphatic heterocycles. The first kappa shape index (κ1) is 23.2. The van der Waals surface area contributed by atoms with E-state index in [4.69, 9.17) is 0 Å². The number of thioether (sulfide) groups is 1. The normalized spacial score (nSPS) is 17.7. The molecule has 4 heteroatoms. The zero-order valence-corrected chi connectivity index (χ0v) is 22.0. The van der Waals surface area contributed by atoms with Crippen LogP contribution in [0.2, 0.25) is 0 Å². The lowest BCUT2D eigenvalue weighted by Gasteiger charge is -2.42. The van der Waals surface area contributed by atoms with Gasteiger partial charge in [-0.05, 0) is 42.7 Å². The van der Waals surface area contributed by atoms with Gasteiger partial charge in [0, 0.05) is 22.2 Å². The number of rotatable bonds is 4. The summed E-state index contributed by atoms with van der Waals surface area (Å²) in [5, 5.41) is 0.897. The Morgan fingerprint density at radius 3 is 2.03 bits per heavy atom. The first-order valence-electron chi connectivity index (χ1n) is 12.2. The molecule has 36 heavy (non-hydrogen) atoms. The van der Waals surface area contributed by atoms with Crippen molar-refractivity contribution < 1.29 is 0 Å². The number of hydrogen-bond acceptors (Lipinski definition) is 4. The largest absolute Gasteiger partial charge is 0.289 e. The molecule has 4 aromatic carbocycles. The van der Waals surface area contributed by atoms with Gasteiger partial charge in [-0.3, -0.25) is 9.69 Å². The van der Waals surface area contributed by atoms with E-state index in [1.807, 2.05) is 30.0 Å². The smallest absolute Gasteiger partial charge is 0.194 e. The Morgan fingerprint density at radius 2 is 1.33 bits per heavy atom. The zero-order valence-electron chi connectivity index (χ0n) is 20.3. The van der Waals surface area contributed by atoms with Gasteiger partial charge in [0.25, 0.3) is 0 Å². The average Bonchev–Trinajstić information content (AvgIpc) is 2.90. The van der Waals surface area contributed by atoms with Gasteiger partial charge in [-0.15, -0.1) is 11.3 Å². The summed E-state index contributed by atoms with van der Waals surface area (Å²) in [7, 11) is 0. The van der Waals surface area contributed by atoms with Crippen LogP contribution < -0.4 is 5.43 Å². The molecule has 0 fully saturated rings. The highest BCUT2D eigenvalue weighted by Gasteiger charge is 2.39. The third-order valence-corrected chi connectivity index (χ3v) is 9.61. The second kappa shape index (κ2) is 9.70. The van der Waals surface area contributed by atoms with Gasteiger partial charge in [0.1, 0.15) is 0 Å². The van der Waals surface area contributed by atoms with Crippen molar-refractivity contribution in [1.82, 2.24) is 4.90 Å². The molecular formula is C32H27NOS2. The lowest BCUT2D eigenvalue weighted by Crippen LogP contribution is -2.37. The van der Waals surface area contributed by atoms with Gasteiger partial charge >= 0.3 is 0 Å². The first-order valence-corrected chi connectivity index (χ1v) is 13.9. The molecule has 5 aromatic rings. The quantitative estimate of drug-likeness (QED) is 0.245. The molecule has 6 rings (SSSR count). The summed E-state index contributed by atoms with van der Waals surface area (Å²) in [4.78, 5) is 16.6. The van der Waals surface area contributed by atoms with E-state index < -0.39 is 0 Å². The van der Waals surface area contributed by atoms with Gasteiger partial charge in [0.2, 0.25) is 0 Å². The van der Waals surface area contributed by atoms with Crippen LogP contribution in [-0.4, -0.2) is 4.90 Å². The van der Waals surface area contributed by atoms with Crippen molar-refractivity contribution in [3.8, 4) is 0 Å². The molecule has 2 nitrogen and oxygen atoms in total. The molecule has 0 spiro atoms. The first-order chi connectivity index (χ1) is 17.6. The molecule has 0 radical (unpaired) electrons. The van der Waals surface area contributed by atoms with E-state index in [9.17, 15) is 4.79 Å². The number of fused-ring (bicyclic) bond motifs is 2. The fraction of sp³-hybridized carbons (Fsp3) is 0.156. The Bertz CT molecular complexity index is 1570. The lowest BCUT2D eigenvalue weighted by atomic mass is 9.95. The number of aryl methyl sites for hydroxylation is 2. The molecule has 178 valence electrons. The summed E-state index contributed by atoms with van der Waals surface area (Å²) >= 11 is 3.57. The molecule has 2 heterocycles. The summed E-state index contributed by atoms with van der Waals surface area (Å²) in [6.07, 6.45) is 0. The van der Waals surface area contributed by atoms with Crippen LogP contribution >= 0.6 is 23.1 Å². The third kappa shape index (κ3) is 4.30. The van der Waals surface area contributed by atoms with Crippen molar-refractivity contribution in [2.75, 3.05) is 0 Å². The number of nitrogens with zero attached hydrogens (tertiary/aromatic N) is 1. The molecule has 0 unspecified atom stereocenters. The van der Waals surface area contributed by atoms with Gasteiger partial charge in [-0.2, -0.15) is 0 Å². The minimum Gasteiger partial charge on any atom is -0.289 e. The lowest BCUT2D eigenvalue weighted by molar-refractivity contribution is 0.192. The number of hydrogen-bond donors (Lipinski definition) is 0. The SMILES string of the molecule is Cc1ccc([C@@H]2c3c(sc4ccccc4c3=O)S[C@@H](c3ccc(C)cc3)N2Cc2ccccc2)cc1. The van der Waals surface area contributed by atoms with Gasteiger partial charge in [-0.25, -0.2) is 0 Å². The Balaban J connectivity index is 1.61. The van der Waals surface area contributed by atoms with Crippen molar-refractivity contribution in [3.63, 3.8) is 0 Å². The maximum Gasteiger partial charge on any atom is 0.194 e. The van der Waals surface area contributed by atoms with Crippen LogP contribution in [0.3, 0.4) is 0 Å². The van der Waals surface area contributed by atoms with Gasteiger partial charge in [-0.1, -0.05) is 114 Å². The van der Waals surface area contributed by atoms with E-state index in [1.54, 1.807) is 11.3 Å². The molecule has 2 atom stereocenters. The second-order valence-corrected chi connectivity index (χ2v) is 11.9. The topological polar surface area (TPSA) is 20.3 Å².